The number of fused-ring (bicyclic) bond motifs is 1. The molecule has 2 N–H and O–H groups in total. The molecule has 30 heavy (non-hydrogen) atoms. The van der Waals surface area contributed by atoms with Crippen molar-refractivity contribution in [2.75, 3.05) is 39.5 Å². The average molecular weight is 536 g/mol. The third kappa shape index (κ3) is 8.93. The van der Waals surface area contributed by atoms with Crippen molar-refractivity contribution in [1.82, 2.24) is 15.5 Å². The molecular formula is C22H38FIN4O2. The van der Waals surface area contributed by atoms with Crippen LogP contribution in [0.15, 0.2) is 17.1 Å². The van der Waals surface area contributed by atoms with Gasteiger partial charge < -0.3 is 25.0 Å². The van der Waals surface area contributed by atoms with Gasteiger partial charge in [0.2, 0.25) is 0 Å². The molecule has 1 unspecified atom stereocenters. The standard InChI is InChI=1S/C22H37FN4O2.HI/c1-5-24-22(26-17(4)9-8-12-27(6-2)7-3)25-11-10-18-13-20(23)14-19-15-28-16-29-21(18)19;/h13-14,17H,5-12,15-16H2,1-4H3,(H2,24,25,26);1H. The topological polar surface area (TPSA) is 58.1 Å². The summed E-state index contributed by atoms with van der Waals surface area (Å²) in [6.45, 7) is 13.9. The van der Waals surface area contributed by atoms with E-state index in [-0.39, 0.29) is 36.6 Å². The molecule has 1 aromatic rings. The van der Waals surface area contributed by atoms with Gasteiger partial charge in [-0.2, -0.15) is 0 Å². The first kappa shape index (κ1) is 26.9. The quantitative estimate of drug-likeness (QED) is 0.255. The second kappa shape index (κ2) is 14.8. The van der Waals surface area contributed by atoms with Gasteiger partial charge in [0.05, 0.1) is 6.61 Å². The van der Waals surface area contributed by atoms with Crippen molar-refractivity contribution in [1.29, 1.82) is 0 Å². The first-order valence-electron chi connectivity index (χ1n) is 10.9. The van der Waals surface area contributed by atoms with E-state index in [4.69, 9.17) is 9.47 Å². The maximum atomic E-state index is 13.9. The molecule has 0 fully saturated rings. The number of ether oxygens (including phenoxy) is 2. The van der Waals surface area contributed by atoms with Crippen LogP contribution in [0.5, 0.6) is 5.75 Å². The van der Waals surface area contributed by atoms with Crippen molar-refractivity contribution in [2.45, 2.75) is 59.6 Å². The molecule has 1 atom stereocenters. The van der Waals surface area contributed by atoms with E-state index >= 15 is 0 Å². The van der Waals surface area contributed by atoms with Gasteiger partial charge in [0, 0.05) is 24.7 Å². The normalized spacial score (nSPS) is 14.5. The minimum Gasteiger partial charge on any atom is -0.467 e. The van der Waals surface area contributed by atoms with E-state index < -0.39 is 0 Å². The molecule has 0 spiro atoms. The van der Waals surface area contributed by atoms with Crippen LogP contribution in [0, 0.1) is 5.82 Å². The predicted octanol–water partition coefficient (Wildman–Crippen LogP) is 3.92. The number of guanidine groups is 1. The molecule has 0 aliphatic carbocycles. The predicted molar refractivity (Wildman–Crippen MR) is 131 cm³/mol. The second-order valence-corrected chi connectivity index (χ2v) is 7.39. The van der Waals surface area contributed by atoms with Gasteiger partial charge in [0.25, 0.3) is 0 Å². The van der Waals surface area contributed by atoms with E-state index in [0.29, 0.717) is 25.6 Å². The number of hydrogen-bond acceptors (Lipinski definition) is 4. The zero-order valence-corrected chi connectivity index (χ0v) is 21.1. The summed E-state index contributed by atoms with van der Waals surface area (Å²) in [7, 11) is 0. The van der Waals surface area contributed by atoms with Crippen LogP contribution >= 0.6 is 24.0 Å². The molecule has 0 bridgehead atoms. The van der Waals surface area contributed by atoms with Crippen molar-refractivity contribution in [3.63, 3.8) is 0 Å². The van der Waals surface area contributed by atoms with E-state index in [1.165, 1.54) is 12.1 Å². The summed E-state index contributed by atoms with van der Waals surface area (Å²) in [5.41, 5.74) is 1.61. The fraction of sp³-hybridized carbons (Fsp3) is 0.682. The zero-order valence-electron chi connectivity index (χ0n) is 18.8. The molecular weight excluding hydrogens is 498 g/mol. The molecule has 1 aliphatic rings. The largest absolute Gasteiger partial charge is 0.467 e. The van der Waals surface area contributed by atoms with Crippen LogP contribution in [0.4, 0.5) is 4.39 Å². The summed E-state index contributed by atoms with van der Waals surface area (Å²) >= 11 is 0. The van der Waals surface area contributed by atoms with Gasteiger partial charge in [-0.05, 0) is 70.4 Å². The number of nitrogens with one attached hydrogen (secondary N) is 2. The Labute approximate surface area is 198 Å². The Morgan fingerprint density at radius 3 is 2.73 bits per heavy atom. The summed E-state index contributed by atoms with van der Waals surface area (Å²) in [4.78, 5) is 7.12. The maximum Gasteiger partial charge on any atom is 0.191 e. The lowest BCUT2D eigenvalue weighted by atomic mass is 10.1. The van der Waals surface area contributed by atoms with Gasteiger partial charge in [0.15, 0.2) is 12.8 Å². The van der Waals surface area contributed by atoms with Crippen molar-refractivity contribution in [3.05, 3.63) is 29.1 Å². The van der Waals surface area contributed by atoms with E-state index in [2.05, 4.69) is 48.2 Å². The first-order valence-corrected chi connectivity index (χ1v) is 10.9. The summed E-state index contributed by atoms with van der Waals surface area (Å²) in [5.74, 6) is 1.29. The van der Waals surface area contributed by atoms with Crippen LogP contribution in [0.2, 0.25) is 0 Å². The minimum absolute atomic E-state index is 0. The van der Waals surface area contributed by atoms with Crippen molar-refractivity contribution < 1.29 is 13.9 Å². The molecule has 172 valence electrons. The minimum atomic E-state index is -0.260. The molecule has 6 nitrogen and oxygen atoms in total. The smallest absolute Gasteiger partial charge is 0.191 e. The average Bonchev–Trinajstić information content (AvgIpc) is 2.71. The van der Waals surface area contributed by atoms with Gasteiger partial charge in [-0.1, -0.05) is 13.8 Å². The molecule has 1 aromatic carbocycles. The molecule has 0 radical (unpaired) electrons. The molecule has 1 aliphatic heterocycles. The highest BCUT2D eigenvalue weighted by Crippen LogP contribution is 2.29. The second-order valence-electron chi connectivity index (χ2n) is 7.39. The van der Waals surface area contributed by atoms with Crippen LogP contribution in [0.25, 0.3) is 0 Å². The van der Waals surface area contributed by atoms with E-state index in [0.717, 1.165) is 61.9 Å². The van der Waals surface area contributed by atoms with Crippen molar-refractivity contribution in [2.24, 2.45) is 4.99 Å². The zero-order chi connectivity index (χ0) is 21.1. The monoisotopic (exact) mass is 536 g/mol. The van der Waals surface area contributed by atoms with Crippen LogP contribution in [-0.4, -0.2) is 56.4 Å². The highest BCUT2D eigenvalue weighted by atomic mass is 127. The summed E-state index contributed by atoms with van der Waals surface area (Å²) in [6.07, 6.45) is 2.86. The molecule has 2 rings (SSSR count). The van der Waals surface area contributed by atoms with E-state index in [1.54, 1.807) is 0 Å². The van der Waals surface area contributed by atoms with Gasteiger partial charge in [-0.3, -0.25) is 4.99 Å². The molecule has 0 amide bonds. The Balaban J connectivity index is 0.00000450. The van der Waals surface area contributed by atoms with E-state index in [9.17, 15) is 4.39 Å². The Bertz CT molecular complexity index is 656. The van der Waals surface area contributed by atoms with Gasteiger partial charge in [0.1, 0.15) is 11.6 Å². The van der Waals surface area contributed by atoms with E-state index in [1.807, 2.05) is 0 Å². The Morgan fingerprint density at radius 1 is 1.27 bits per heavy atom. The molecule has 0 aromatic heterocycles. The Hall–Kier alpha value is -1.13. The first-order chi connectivity index (χ1) is 14.1. The van der Waals surface area contributed by atoms with Gasteiger partial charge in [-0.15, -0.1) is 24.0 Å². The third-order valence-electron chi connectivity index (χ3n) is 5.14. The lowest BCUT2D eigenvalue weighted by Crippen LogP contribution is -2.42. The van der Waals surface area contributed by atoms with Crippen LogP contribution in [0.1, 0.15) is 51.7 Å². The summed E-state index contributed by atoms with van der Waals surface area (Å²) < 4.78 is 24.7. The Kier molecular flexibility index (Phi) is 13.3. The molecule has 0 saturated carbocycles. The fourth-order valence-electron chi connectivity index (χ4n) is 3.52. The van der Waals surface area contributed by atoms with Gasteiger partial charge in [-0.25, -0.2) is 4.39 Å². The highest BCUT2D eigenvalue weighted by molar-refractivity contribution is 14.0. The number of rotatable bonds is 11. The number of halogens is 2. The van der Waals surface area contributed by atoms with Crippen LogP contribution in [-0.2, 0) is 17.8 Å². The molecule has 0 saturated heterocycles. The maximum absolute atomic E-state index is 13.9. The Morgan fingerprint density at radius 2 is 2.03 bits per heavy atom. The van der Waals surface area contributed by atoms with Crippen LogP contribution < -0.4 is 15.4 Å². The number of hydrogen-bond donors (Lipinski definition) is 2. The summed E-state index contributed by atoms with van der Waals surface area (Å²) in [6, 6.07) is 3.36. The number of nitrogens with zero attached hydrogens (tertiary/aromatic N) is 2. The number of benzene rings is 1. The SMILES string of the molecule is CCNC(=NCCc1cc(F)cc2c1OCOC2)NC(C)CCCN(CC)CC.I. The lowest BCUT2D eigenvalue weighted by Gasteiger charge is -2.21. The third-order valence-corrected chi connectivity index (χ3v) is 5.14. The number of aliphatic imine (C=N–C) groups is 1. The molecule has 1 heterocycles. The van der Waals surface area contributed by atoms with Gasteiger partial charge >= 0.3 is 0 Å². The highest BCUT2D eigenvalue weighted by Gasteiger charge is 2.16. The van der Waals surface area contributed by atoms with Crippen molar-refractivity contribution >= 4 is 29.9 Å². The van der Waals surface area contributed by atoms with Crippen LogP contribution in [0.3, 0.4) is 0 Å². The summed E-state index contributed by atoms with van der Waals surface area (Å²) in [5, 5.41) is 6.78. The van der Waals surface area contributed by atoms with Crippen molar-refractivity contribution in [3.8, 4) is 5.75 Å². The molecule has 8 heteroatoms. The lowest BCUT2D eigenvalue weighted by molar-refractivity contribution is -0.0172. The fourth-order valence-corrected chi connectivity index (χ4v) is 3.52.